The molecule has 4 atom stereocenters. The summed E-state index contributed by atoms with van der Waals surface area (Å²) < 4.78 is 28.9. The van der Waals surface area contributed by atoms with E-state index in [1.165, 1.54) is 0 Å². The summed E-state index contributed by atoms with van der Waals surface area (Å²) in [5, 5.41) is 9.90. The van der Waals surface area contributed by atoms with Crippen LogP contribution in [0.3, 0.4) is 0 Å². The number of aliphatic hydroxyl groups is 1. The molecule has 1 N–H and O–H groups in total. The molecule has 1 aromatic rings. The Morgan fingerprint density at radius 1 is 1.13 bits per heavy atom. The van der Waals surface area contributed by atoms with Gasteiger partial charge in [-0.25, -0.2) is 0 Å². The van der Waals surface area contributed by atoms with Gasteiger partial charge in [-0.3, -0.25) is 0 Å². The molecule has 6 heteroatoms. The second-order valence-corrected chi connectivity index (χ2v) is 6.44. The Morgan fingerprint density at radius 2 is 1.87 bits per heavy atom. The van der Waals surface area contributed by atoms with Gasteiger partial charge in [0.25, 0.3) is 0 Å². The Bertz CT molecular complexity index is 519. The summed E-state index contributed by atoms with van der Waals surface area (Å²) in [5.74, 6) is -0.724. The van der Waals surface area contributed by atoms with Gasteiger partial charge in [0, 0.05) is 7.11 Å². The number of hydrogen-bond donors (Lipinski definition) is 1. The van der Waals surface area contributed by atoms with Crippen LogP contribution in [0.4, 0.5) is 0 Å². The number of ether oxygens (including phenoxy) is 5. The molecule has 0 unspecified atom stereocenters. The van der Waals surface area contributed by atoms with Crippen molar-refractivity contribution in [2.45, 2.75) is 50.3 Å². The first-order valence-electron chi connectivity index (χ1n) is 7.78. The molecule has 3 rings (SSSR count). The van der Waals surface area contributed by atoms with Gasteiger partial charge < -0.3 is 28.8 Å². The van der Waals surface area contributed by atoms with Crippen LogP contribution < -0.4 is 0 Å². The second-order valence-electron chi connectivity index (χ2n) is 6.44. The van der Waals surface area contributed by atoms with E-state index in [9.17, 15) is 5.11 Å². The van der Waals surface area contributed by atoms with Crippen LogP contribution in [0.1, 0.15) is 19.4 Å². The topological polar surface area (TPSA) is 66.4 Å². The predicted octanol–water partition coefficient (Wildman–Crippen LogP) is 1.46. The molecule has 0 radical (unpaired) electrons. The Kier molecular flexibility index (Phi) is 4.73. The summed E-state index contributed by atoms with van der Waals surface area (Å²) in [6, 6.07) is 9.84. The molecule has 2 aliphatic rings. The third-order valence-electron chi connectivity index (χ3n) is 4.24. The van der Waals surface area contributed by atoms with Crippen LogP contribution >= 0.6 is 0 Å². The standard InChI is InChI=1S/C17H24O6/c1-16(2)21-13-14(19-3)17(10-18,23-15(13)22-16)11-20-9-12-7-5-4-6-8-12/h4-8,13-15,18H,9-11H2,1-3H3/t13-,14+,15+,17-/m1/s1. The molecule has 0 aromatic heterocycles. The monoisotopic (exact) mass is 324 g/mol. The highest BCUT2D eigenvalue weighted by Gasteiger charge is 2.62. The molecule has 0 bridgehead atoms. The molecule has 0 amide bonds. The zero-order chi connectivity index (χ0) is 16.5. The molecule has 6 nitrogen and oxygen atoms in total. The van der Waals surface area contributed by atoms with Gasteiger partial charge in [0.15, 0.2) is 12.1 Å². The number of methoxy groups -OCH3 is 1. The molecule has 0 aliphatic carbocycles. The lowest BCUT2D eigenvalue weighted by molar-refractivity contribution is -0.258. The lowest BCUT2D eigenvalue weighted by Gasteiger charge is -2.34. The van der Waals surface area contributed by atoms with Crippen molar-refractivity contribution in [2.75, 3.05) is 20.3 Å². The molecule has 2 heterocycles. The van der Waals surface area contributed by atoms with E-state index in [1.54, 1.807) is 7.11 Å². The maximum Gasteiger partial charge on any atom is 0.190 e. The molecule has 23 heavy (non-hydrogen) atoms. The van der Waals surface area contributed by atoms with Gasteiger partial charge in [-0.1, -0.05) is 30.3 Å². The summed E-state index contributed by atoms with van der Waals surface area (Å²) in [5.41, 5.74) is 0.0661. The van der Waals surface area contributed by atoms with Gasteiger partial charge in [-0.15, -0.1) is 0 Å². The van der Waals surface area contributed by atoms with E-state index in [0.29, 0.717) is 6.61 Å². The summed E-state index contributed by atoms with van der Waals surface area (Å²) in [6.45, 7) is 4.05. The van der Waals surface area contributed by atoms with Crippen LogP contribution in [-0.2, 0) is 30.3 Å². The van der Waals surface area contributed by atoms with Crippen molar-refractivity contribution in [3.63, 3.8) is 0 Å². The van der Waals surface area contributed by atoms with Crippen molar-refractivity contribution >= 4 is 0 Å². The van der Waals surface area contributed by atoms with Crippen molar-refractivity contribution in [3.05, 3.63) is 35.9 Å². The van der Waals surface area contributed by atoms with Crippen molar-refractivity contribution in [1.82, 2.24) is 0 Å². The molecule has 2 fully saturated rings. The minimum Gasteiger partial charge on any atom is -0.393 e. The van der Waals surface area contributed by atoms with E-state index < -0.39 is 23.8 Å². The Hall–Kier alpha value is -1.02. The van der Waals surface area contributed by atoms with E-state index in [2.05, 4.69) is 0 Å². The number of benzene rings is 1. The van der Waals surface area contributed by atoms with Crippen molar-refractivity contribution in [2.24, 2.45) is 0 Å². The highest BCUT2D eigenvalue weighted by atomic mass is 16.8. The maximum atomic E-state index is 9.90. The molecule has 128 valence electrons. The molecular formula is C17H24O6. The molecular weight excluding hydrogens is 300 g/mol. The zero-order valence-corrected chi connectivity index (χ0v) is 13.7. The van der Waals surface area contributed by atoms with Gasteiger partial charge >= 0.3 is 0 Å². The normalized spacial score (nSPS) is 35.4. The van der Waals surface area contributed by atoms with Crippen molar-refractivity contribution in [3.8, 4) is 0 Å². The molecule has 1 aromatic carbocycles. The third kappa shape index (κ3) is 3.28. The van der Waals surface area contributed by atoms with Crippen LogP contribution in [-0.4, -0.2) is 55.3 Å². The Morgan fingerprint density at radius 3 is 2.52 bits per heavy atom. The first-order chi connectivity index (χ1) is 11.0. The largest absolute Gasteiger partial charge is 0.393 e. The summed E-state index contributed by atoms with van der Waals surface area (Å²) in [6.07, 6.45) is -1.42. The number of rotatable bonds is 6. The van der Waals surface area contributed by atoms with Crippen LogP contribution in [0.5, 0.6) is 0 Å². The smallest absolute Gasteiger partial charge is 0.190 e. The minimum atomic E-state index is -0.991. The van der Waals surface area contributed by atoms with E-state index >= 15 is 0 Å². The lowest BCUT2D eigenvalue weighted by atomic mass is 9.97. The quantitative estimate of drug-likeness (QED) is 0.854. The number of hydrogen-bond acceptors (Lipinski definition) is 6. The zero-order valence-electron chi connectivity index (χ0n) is 13.7. The fraction of sp³-hybridized carbons (Fsp3) is 0.647. The fourth-order valence-corrected chi connectivity index (χ4v) is 3.21. The number of fused-ring (bicyclic) bond motifs is 1. The molecule has 2 aliphatic heterocycles. The first-order valence-corrected chi connectivity index (χ1v) is 7.78. The van der Waals surface area contributed by atoms with Crippen LogP contribution in [0.25, 0.3) is 0 Å². The average molecular weight is 324 g/mol. The van der Waals surface area contributed by atoms with Gasteiger partial charge in [0.1, 0.15) is 17.8 Å². The van der Waals surface area contributed by atoms with Gasteiger partial charge in [-0.2, -0.15) is 0 Å². The number of aliphatic hydroxyl groups excluding tert-OH is 1. The summed E-state index contributed by atoms with van der Waals surface area (Å²) in [7, 11) is 1.58. The summed E-state index contributed by atoms with van der Waals surface area (Å²) in [4.78, 5) is 0. The SMILES string of the molecule is CO[C@H]1[C@H]2OC(C)(C)O[C@H]2O[C@]1(CO)COCc1ccccc1. The van der Waals surface area contributed by atoms with Gasteiger partial charge in [0.05, 0.1) is 19.8 Å². The predicted molar refractivity (Wildman–Crippen MR) is 81.6 cm³/mol. The summed E-state index contributed by atoms with van der Waals surface area (Å²) >= 11 is 0. The van der Waals surface area contributed by atoms with Gasteiger partial charge in [0.2, 0.25) is 0 Å². The van der Waals surface area contributed by atoms with Gasteiger partial charge in [-0.05, 0) is 19.4 Å². The third-order valence-corrected chi connectivity index (χ3v) is 4.24. The Labute approximate surface area is 136 Å². The average Bonchev–Trinajstić information content (AvgIpc) is 2.96. The maximum absolute atomic E-state index is 9.90. The first kappa shape index (κ1) is 16.8. The highest BCUT2D eigenvalue weighted by Crippen LogP contribution is 2.43. The van der Waals surface area contributed by atoms with E-state index in [0.717, 1.165) is 5.56 Å². The lowest BCUT2D eigenvalue weighted by Crippen LogP contribution is -2.52. The van der Waals surface area contributed by atoms with Crippen LogP contribution in [0.15, 0.2) is 30.3 Å². The van der Waals surface area contributed by atoms with Crippen LogP contribution in [0.2, 0.25) is 0 Å². The van der Waals surface area contributed by atoms with Crippen LogP contribution in [0, 0.1) is 0 Å². The van der Waals surface area contributed by atoms with Crippen molar-refractivity contribution in [1.29, 1.82) is 0 Å². The second kappa shape index (κ2) is 6.47. The van der Waals surface area contributed by atoms with E-state index in [1.807, 2.05) is 44.2 Å². The van der Waals surface area contributed by atoms with E-state index in [4.69, 9.17) is 23.7 Å². The minimum absolute atomic E-state index is 0.192. The molecule has 0 saturated carbocycles. The molecule has 2 saturated heterocycles. The fourth-order valence-electron chi connectivity index (χ4n) is 3.21. The van der Waals surface area contributed by atoms with Crippen molar-refractivity contribution < 1.29 is 28.8 Å². The Balaban J connectivity index is 1.66. The molecule has 0 spiro atoms. The highest BCUT2D eigenvalue weighted by molar-refractivity contribution is 5.13. The van der Waals surface area contributed by atoms with E-state index in [-0.39, 0.29) is 19.3 Å².